The van der Waals surface area contributed by atoms with Gasteiger partial charge in [-0.1, -0.05) is 30.3 Å². The molecule has 4 nitrogen and oxygen atoms in total. The molecule has 0 bridgehead atoms. The summed E-state index contributed by atoms with van der Waals surface area (Å²) in [6, 6.07) is 14.0. The van der Waals surface area contributed by atoms with E-state index in [0.717, 1.165) is 11.1 Å². The summed E-state index contributed by atoms with van der Waals surface area (Å²) in [5, 5.41) is 10.5. The van der Waals surface area contributed by atoms with Gasteiger partial charge in [-0.25, -0.2) is 4.79 Å². The molecule has 0 fully saturated rings. The maximum atomic E-state index is 11.7. The predicted octanol–water partition coefficient (Wildman–Crippen LogP) is 3.17. The number of hydrogen-bond donors (Lipinski definition) is 1. The normalized spacial score (nSPS) is 10.7. The van der Waals surface area contributed by atoms with Gasteiger partial charge in [0.15, 0.2) is 11.5 Å². The molecule has 0 spiro atoms. The quantitative estimate of drug-likeness (QED) is 0.725. The van der Waals surface area contributed by atoms with Crippen LogP contribution in [0.4, 0.5) is 0 Å². The molecule has 0 aliphatic carbocycles. The molecule has 1 heterocycles. The summed E-state index contributed by atoms with van der Waals surface area (Å²) < 4.78 is 10.2. The topological polar surface area (TPSA) is 59.7 Å². The monoisotopic (exact) mass is 268 g/mol. The summed E-state index contributed by atoms with van der Waals surface area (Å²) in [4.78, 5) is 11.7. The van der Waals surface area contributed by atoms with Crippen molar-refractivity contribution >= 4 is 11.0 Å². The van der Waals surface area contributed by atoms with Crippen LogP contribution in [0.1, 0.15) is 0 Å². The van der Waals surface area contributed by atoms with Crippen LogP contribution in [0, 0.1) is 0 Å². The van der Waals surface area contributed by atoms with Crippen molar-refractivity contribution in [3.63, 3.8) is 0 Å². The van der Waals surface area contributed by atoms with Crippen molar-refractivity contribution in [2.24, 2.45) is 0 Å². The van der Waals surface area contributed by atoms with Crippen LogP contribution in [-0.4, -0.2) is 12.2 Å². The van der Waals surface area contributed by atoms with E-state index in [4.69, 9.17) is 9.15 Å². The molecule has 100 valence electrons. The molecular formula is C16H12O4. The molecule has 0 aliphatic heterocycles. The second kappa shape index (κ2) is 4.74. The minimum absolute atomic E-state index is 0.0617. The third kappa shape index (κ3) is 2.01. The molecule has 0 aliphatic rings. The van der Waals surface area contributed by atoms with E-state index < -0.39 is 5.63 Å². The highest BCUT2D eigenvalue weighted by Gasteiger charge is 2.12. The van der Waals surface area contributed by atoms with Crippen molar-refractivity contribution < 1.29 is 14.3 Å². The lowest BCUT2D eigenvalue weighted by molar-refractivity contribution is 0.373. The van der Waals surface area contributed by atoms with E-state index in [1.54, 1.807) is 6.07 Å². The minimum atomic E-state index is -0.457. The number of hydrogen-bond acceptors (Lipinski definition) is 4. The SMILES string of the molecule is COc1cc2c(-c3ccccc3)cc(=O)oc2cc1O. The minimum Gasteiger partial charge on any atom is -0.504 e. The van der Waals surface area contributed by atoms with Crippen LogP contribution in [0.25, 0.3) is 22.1 Å². The van der Waals surface area contributed by atoms with Gasteiger partial charge in [0.2, 0.25) is 0 Å². The summed E-state index contributed by atoms with van der Waals surface area (Å²) in [6.45, 7) is 0. The van der Waals surface area contributed by atoms with E-state index in [-0.39, 0.29) is 5.75 Å². The summed E-state index contributed by atoms with van der Waals surface area (Å²) >= 11 is 0. The van der Waals surface area contributed by atoms with Gasteiger partial charge in [-0.3, -0.25) is 0 Å². The molecule has 0 amide bonds. The standard InChI is InChI=1S/C16H12O4/c1-19-15-7-12-11(10-5-3-2-4-6-10)8-16(18)20-14(12)9-13(15)17/h2-9,17H,1H3. The first kappa shape index (κ1) is 12.3. The first-order chi connectivity index (χ1) is 9.69. The molecule has 3 rings (SSSR count). The van der Waals surface area contributed by atoms with Crippen LogP contribution >= 0.6 is 0 Å². The van der Waals surface area contributed by atoms with E-state index in [2.05, 4.69) is 0 Å². The first-order valence-electron chi connectivity index (χ1n) is 6.09. The van der Waals surface area contributed by atoms with Gasteiger partial charge in [0, 0.05) is 17.5 Å². The van der Waals surface area contributed by atoms with Crippen molar-refractivity contribution in [1.82, 2.24) is 0 Å². The summed E-state index contributed by atoms with van der Waals surface area (Å²) in [5.74, 6) is 0.275. The number of rotatable bonds is 2. The van der Waals surface area contributed by atoms with E-state index in [9.17, 15) is 9.90 Å². The second-order valence-electron chi connectivity index (χ2n) is 4.37. The molecule has 4 heteroatoms. The van der Waals surface area contributed by atoms with E-state index in [1.807, 2.05) is 30.3 Å². The molecule has 1 aromatic heterocycles. The number of phenolic OH excluding ortho intramolecular Hbond substituents is 1. The zero-order valence-electron chi connectivity index (χ0n) is 10.8. The Kier molecular flexibility index (Phi) is 2.91. The zero-order chi connectivity index (χ0) is 14.1. The van der Waals surface area contributed by atoms with Gasteiger partial charge >= 0.3 is 5.63 Å². The number of ether oxygens (including phenoxy) is 1. The van der Waals surface area contributed by atoms with Crippen LogP contribution in [0.2, 0.25) is 0 Å². The van der Waals surface area contributed by atoms with Gasteiger partial charge in [0.25, 0.3) is 0 Å². The molecule has 3 aromatic rings. The van der Waals surface area contributed by atoms with Gasteiger partial charge in [0.05, 0.1) is 7.11 Å². The molecule has 20 heavy (non-hydrogen) atoms. The van der Waals surface area contributed by atoms with Crippen LogP contribution in [0.3, 0.4) is 0 Å². The summed E-state index contributed by atoms with van der Waals surface area (Å²) in [6.07, 6.45) is 0. The predicted molar refractivity (Wildman–Crippen MR) is 76.1 cm³/mol. The van der Waals surface area contributed by atoms with Crippen LogP contribution in [0.5, 0.6) is 11.5 Å². The zero-order valence-corrected chi connectivity index (χ0v) is 10.8. The van der Waals surface area contributed by atoms with Crippen molar-refractivity contribution in [2.75, 3.05) is 7.11 Å². The van der Waals surface area contributed by atoms with Crippen molar-refractivity contribution in [2.45, 2.75) is 0 Å². The lowest BCUT2D eigenvalue weighted by atomic mass is 10.0. The Morgan fingerprint density at radius 3 is 2.55 bits per heavy atom. The summed E-state index contributed by atoms with van der Waals surface area (Å²) in [5.41, 5.74) is 1.52. The van der Waals surface area contributed by atoms with Crippen LogP contribution in [0.15, 0.2) is 57.7 Å². The molecule has 2 aromatic carbocycles. The van der Waals surface area contributed by atoms with E-state index >= 15 is 0 Å². The lowest BCUT2D eigenvalue weighted by Gasteiger charge is -2.08. The maximum Gasteiger partial charge on any atom is 0.336 e. The Balaban J connectivity index is 2.39. The smallest absolute Gasteiger partial charge is 0.336 e. The summed E-state index contributed by atoms with van der Waals surface area (Å²) in [7, 11) is 1.47. The molecular weight excluding hydrogens is 256 g/mol. The Morgan fingerprint density at radius 2 is 1.85 bits per heavy atom. The fourth-order valence-corrected chi connectivity index (χ4v) is 2.20. The fraction of sp³-hybridized carbons (Fsp3) is 0.0625. The third-order valence-electron chi connectivity index (χ3n) is 3.13. The Hall–Kier alpha value is -2.75. The molecule has 0 radical (unpaired) electrons. The van der Waals surface area contributed by atoms with Gasteiger partial charge in [-0.15, -0.1) is 0 Å². The van der Waals surface area contributed by atoms with E-state index in [0.29, 0.717) is 16.7 Å². The van der Waals surface area contributed by atoms with Gasteiger partial charge in [0.1, 0.15) is 5.58 Å². The second-order valence-corrected chi connectivity index (χ2v) is 4.37. The number of phenols is 1. The average Bonchev–Trinajstić information content (AvgIpc) is 2.46. The molecule has 0 saturated heterocycles. The number of methoxy groups -OCH3 is 1. The number of benzene rings is 2. The highest BCUT2D eigenvalue weighted by atomic mass is 16.5. The maximum absolute atomic E-state index is 11.7. The Labute approximate surface area is 114 Å². The van der Waals surface area contributed by atoms with Crippen molar-refractivity contribution in [3.8, 4) is 22.6 Å². The molecule has 0 unspecified atom stereocenters. The van der Waals surface area contributed by atoms with E-state index in [1.165, 1.54) is 19.2 Å². The highest BCUT2D eigenvalue weighted by Crippen LogP contribution is 2.35. The number of aromatic hydroxyl groups is 1. The fourth-order valence-electron chi connectivity index (χ4n) is 2.20. The molecule has 1 N–H and O–H groups in total. The lowest BCUT2D eigenvalue weighted by Crippen LogP contribution is -1.98. The Morgan fingerprint density at radius 1 is 1.10 bits per heavy atom. The van der Waals surface area contributed by atoms with Gasteiger partial charge in [-0.05, 0) is 17.2 Å². The Bertz CT molecular complexity index is 819. The van der Waals surface area contributed by atoms with Crippen LogP contribution < -0.4 is 10.4 Å². The number of fused-ring (bicyclic) bond motifs is 1. The molecule has 0 atom stereocenters. The average molecular weight is 268 g/mol. The first-order valence-corrected chi connectivity index (χ1v) is 6.09. The van der Waals surface area contributed by atoms with Gasteiger partial charge in [-0.2, -0.15) is 0 Å². The third-order valence-corrected chi connectivity index (χ3v) is 3.13. The largest absolute Gasteiger partial charge is 0.504 e. The van der Waals surface area contributed by atoms with Crippen molar-refractivity contribution in [1.29, 1.82) is 0 Å². The van der Waals surface area contributed by atoms with Gasteiger partial charge < -0.3 is 14.3 Å². The van der Waals surface area contributed by atoms with Crippen LogP contribution in [-0.2, 0) is 0 Å². The molecule has 0 saturated carbocycles. The highest BCUT2D eigenvalue weighted by molar-refractivity contribution is 5.95. The van der Waals surface area contributed by atoms with Crippen molar-refractivity contribution in [3.05, 3.63) is 59.0 Å².